The van der Waals surface area contributed by atoms with E-state index in [0.29, 0.717) is 24.6 Å². The first-order valence-electron chi connectivity index (χ1n) is 10.7. The fourth-order valence-electron chi connectivity index (χ4n) is 3.61. The van der Waals surface area contributed by atoms with E-state index >= 15 is 0 Å². The second-order valence-corrected chi connectivity index (χ2v) is 9.82. The average molecular weight is 474 g/mol. The van der Waals surface area contributed by atoms with Crippen LogP contribution in [0.1, 0.15) is 5.56 Å². The number of nitrogens with zero attached hydrogens (tertiary/aromatic N) is 3. The highest BCUT2D eigenvalue weighted by atomic mass is 32.2. The molecule has 33 heavy (non-hydrogen) atoms. The summed E-state index contributed by atoms with van der Waals surface area (Å²) in [4.78, 5) is 16.8. The number of sulfonamides is 1. The van der Waals surface area contributed by atoms with Crippen LogP contribution in [0.5, 0.6) is 11.5 Å². The molecule has 2 aromatic carbocycles. The van der Waals surface area contributed by atoms with Gasteiger partial charge in [0.1, 0.15) is 0 Å². The van der Waals surface area contributed by atoms with E-state index in [4.69, 9.17) is 9.47 Å². The lowest BCUT2D eigenvalue weighted by Crippen LogP contribution is -2.51. The van der Waals surface area contributed by atoms with Crippen molar-refractivity contribution in [3.63, 3.8) is 0 Å². The summed E-state index contributed by atoms with van der Waals surface area (Å²) in [6.45, 7) is 3.23. The zero-order valence-corrected chi connectivity index (χ0v) is 20.1. The van der Waals surface area contributed by atoms with Crippen LogP contribution in [0.3, 0.4) is 0 Å². The van der Waals surface area contributed by atoms with Gasteiger partial charge in [-0.25, -0.2) is 8.42 Å². The topological polar surface area (TPSA) is 79.4 Å². The Balaban J connectivity index is 1.52. The molecule has 0 aromatic heterocycles. The highest BCUT2D eigenvalue weighted by Crippen LogP contribution is 2.30. The van der Waals surface area contributed by atoms with Crippen LogP contribution < -0.4 is 9.47 Å². The number of ether oxygens (including phenoxy) is 2. The number of carbonyl (C=O) groups excluding carboxylic acids is 1. The molecular weight excluding hydrogens is 442 g/mol. The van der Waals surface area contributed by atoms with Gasteiger partial charge < -0.3 is 14.4 Å². The first-order valence-corrected chi connectivity index (χ1v) is 12.2. The third kappa shape index (κ3) is 6.34. The number of amides is 1. The number of carbonyl (C=O) groups is 1. The van der Waals surface area contributed by atoms with Crippen molar-refractivity contribution in [3.8, 4) is 11.5 Å². The molecule has 1 saturated heterocycles. The molecule has 0 bridgehead atoms. The number of piperazine rings is 1. The van der Waals surface area contributed by atoms with E-state index in [0.717, 1.165) is 29.5 Å². The lowest BCUT2D eigenvalue weighted by atomic mass is 10.2. The molecule has 0 aliphatic carbocycles. The maximum atomic E-state index is 12.9. The molecule has 1 amide bonds. The summed E-state index contributed by atoms with van der Waals surface area (Å²) in [5, 5.41) is 0. The molecule has 1 fully saturated rings. The molecule has 2 aromatic rings. The van der Waals surface area contributed by atoms with Crippen molar-refractivity contribution in [3.05, 3.63) is 60.2 Å². The first kappa shape index (κ1) is 24.8. The quantitative estimate of drug-likeness (QED) is 0.556. The number of hydrogen-bond donors (Lipinski definition) is 0. The van der Waals surface area contributed by atoms with Crippen molar-refractivity contribution in [2.75, 3.05) is 60.5 Å². The summed E-state index contributed by atoms with van der Waals surface area (Å²) in [6, 6.07) is 14.5. The third-order valence-electron chi connectivity index (χ3n) is 5.62. The van der Waals surface area contributed by atoms with Crippen LogP contribution in [0.15, 0.2) is 59.5 Å². The summed E-state index contributed by atoms with van der Waals surface area (Å²) in [5.41, 5.74) is 1.16. The van der Waals surface area contributed by atoms with Crippen molar-refractivity contribution in [1.82, 2.24) is 14.1 Å². The van der Waals surface area contributed by atoms with E-state index in [1.807, 2.05) is 18.2 Å². The summed E-state index contributed by atoms with van der Waals surface area (Å²) < 4.78 is 37.3. The lowest BCUT2D eigenvalue weighted by Gasteiger charge is -2.34. The SMILES string of the molecule is COc1ccc(S(=O)(=O)N(C)CC(=O)N2CCN(C/C=C/c3ccccc3)CC2)cc1OC. The number of rotatable bonds is 9. The van der Waals surface area contributed by atoms with Crippen LogP contribution in [-0.2, 0) is 14.8 Å². The number of likely N-dealkylation sites (N-methyl/N-ethyl adjacent to an activating group) is 1. The van der Waals surface area contributed by atoms with Gasteiger partial charge in [-0.15, -0.1) is 0 Å². The van der Waals surface area contributed by atoms with Crippen molar-refractivity contribution in [2.45, 2.75) is 4.90 Å². The molecule has 9 heteroatoms. The molecule has 1 heterocycles. The minimum absolute atomic E-state index is 0.0467. The zero-order valence-electron chi connectivity index (χ0n) is 19.3. The molecule has 178 valence electrons. The van der Waals surface area contributed by atoms with Crippen LogP contribution in [0, 0.1) is 0 Å². The summed E-state index contributed by atoms with van der Waals surface area (Å²) in [6.07, 6.45) is 4.21. The highest BCUT2D eigenvalue weighted by Gasteiger charge is 2.27. The largest absolute Gasteiger partial charge is 0.493 e. The van der Waals surface area contributed by atoms with Crippen LogP contribution in [0.4, 0.5) is 0 Å². The van der Waals surface area contributed by atoms with Gasteiger partial charge in [0.15, 0.2) is 11.5 Å². The average Bonchev–Trinajstić information content (AvgIpc) is 2.84. The minimum atomic E-state index is -3.85. The molecule has 0 spiro atoms. The van der Waals surface area contributed by atoms with Crippen LogP contribution in [-0.4, -0.2) is 89.0 Å². The van der Waals surface area contributed by atoms with Gasteiger partial charge in [-0.05, 0) is 17.7 Å². The Morgan fingerprint density at radius 3 is 2.30 bits per heavy atom. The van der Waals surface area contributed by atoms with Crippen LogP contribution in [0.25, 0.3) is 6.08 Å². The maximum absolute atomic E-state index is 12.9. The minimum Gasteiger partial charge on any atom is -0.493 e. The predicted molar refractivity (Wildman–Crippen MR) is 128 cm³/mol. The van der Waals surface area contributed by atoms with E-state index in [1.165, 1.54) is 39.5 Å². The fourth-order valence-corrected chi connectivity index (χ4v) is 4.75. The van der Waals surface area contributed by atoms with E-state index in [2.05, 4.69) is 29.2 Å². The van der Waals surface area contributed by atoms with Crippen molar-refractivity contribution < 1.29 is 22.7 Å². The molecule has 0 atom stereocenters. The van der Waals surface area contributed by atoms with E-state index in [9.17, 15) is 13.2 Å². The normalized spacial score (nSPS) is 15.2. The Kier molecular flexibility index (Phi) is 8.49. The number of methoxy groups -OCH3 is 2. The van der Waals surface area contributed by atoms with Gasteiger partial charge in [0.05, 0.1) is 25.7 Å². The second-order valence-electron chi connectivity index (χ2n) is 7.77. The van der Waals surface area contributed by atoms with Gasteiger partial charge in [0.25, 0.3) is 0 Å². The predicted octanol–water partition coefficient (Wildman–Crippen LogP) is 2.18. The Labute approximate surface area is 196 Å². The molecule has 0 unspecified atom stereocenters. The molecule has 0 radical (unpaired) electrons. The van der Waals surface area contributed by atoms with Gasteiger partial charge in [-0.2, -0.15) is 4.31 Å². The van der Waals surface area contributed by atoms with Crippen molar-refractivity contribution >= 4 is 22.0 Å². The van der Waals surface area contributed by atoms with Crippen molar-refractivity contribution in [1.29, 1.82) is 0 Å². The van der Waals surface area contributed by atoms with E-state index in [-0.39, 0.29) is 17.3 Å². The van der Waals surface area contributed by atoms with Gasteiger partial charge in [0, 0.05) is 45.8 Å². The maximum Gasteiger partial charge on any atom is 0.243 e. The number of hydrogen-bond acceptors (Lipinski definition) is 6. The summed E-state index contributed by atoms with van der Waals surface area (Å²) in [7, 11) is 0.488. The number of benzene rings is 2. The highest BCUT2D eigenvalue weighted by molar-refractivity contribution is 7.89. The Hall–Kier alpha value is -2.88. The smallest absolute Gasteiger partial charge is 0.243 e. The van der Waals surface area contributed by atoms with Crippen LogP contribution in [0.2, 0.25) is 0 Å². The Morgan fingerprint density at radius 2 is 1.67 bits per heavy atom. The Bertz CT molecular complexity index is 1060. The van der Waals surface area contributed by atoms with Gasteiger partial charge in [0.2, 0.25) is 15.9 Å². The van der Waals surface area contributed by atoms with Gasteiger partial charge in [-0.1, -0.05) is 42.5 Å². The third-order valence-corrected chi connectivity index (χ3v) is 7.42. The summed E-state index contributed by atoms with van der Waals surface area (Å²) in [5.74, 6) is 0.545. The van der Waals surface area contributed by atoms with Gasteiger partial charge >= 0.3 is 0 Å². The van der Waals surface area contributed by atoms with Crippen molar-refractivity contribution in [2.24, 2.45) is 0 Å². The molecule has 0 N–H and O–H groups in total. The molecule has 0 saturated carbocycles. The monoisotopic (exact) mass is 473 g/mol. The standard InChI is InChI=1S/C24H31N3O5S/c1-25(33(29,30)21-11-12-22(31-2)23(18-21)32-3)19-24(28)27-16-14-26(15-17-27)13-7-10-20-8-5-4-6-9-20/h4-12,18H,13-17,19H2,1-3H3/b10-7+. The second kappa shape index (κ2) is 11.3. The summed E-state index contributed by atoms with van der Waals surface area (Å²) >= 11 is 0. The molecule has 1 aliphatic heterocycles. The molecular formula is C24H31N3O5S. The van der Waals surface area contributed by atoms with Gasteiger partial charge in [-0.3, -0.25) is 9.69 Å². The lowest BCUT2D eigenvalue weighted by molar-refractivity contribution is -0.132. The molecule has 3 rings (SSSR count). The fraction of sp³-hybridized carbons (Fsp3) is 0.375. The van der Waals surface area contributed by atoms with Crippen LogP contribution >= 0.6 is 0 Å². The van der Waals surface area contributed by atoms with E-state index in [1.54, 1.807) is 4.90 Å². The molecule has 8 nitrogen and oxygen atoms in total. The van der Waals surface area contributed by atoms with E-state index < -0.39 is 10.0 Å². The Morgan fingerprint density at radius 1 is 1.00 bits per heavy atom. The first-order chi connectivity index (χ1) is 15.8. The zero-order chi connectivity index (χ0) is 23.8. The molecule has 1 aliphatic rings.